The maximum Gasteiger partial charge on any atom is 0.256 e. The Bertz CT molecular complexity index is 853. The summed E-state index contributed by atoms with van der Waals surface area (Å²) in [6.45, 7) is 1.51. The zero-order valence-corrected chi connectivity index (χ0v) is 13.6. The number of aromatic amines is 2. The van der Waals surface area contributed by atoms with E-state index in [1.165, 1.54) is 0 Å². The molecule has 0 spiro atoms. The topological polar surface area (TPSA) is 74.0 Å². The Morgan fingerprint density at radius 2 is 2.29 bits per heavy atom. The van der Waals surface area contributed by atoms with E-state index in [4.69, 9.17) is 4.74 Å². The molecule has 0 unspecified atom stereocenters. The molecule has 4 rings (SSSR count). The van der Waals surface area contributed by atoms with Crippen LogP contribution in [0.3, 0.4) is 0 Å². The first-order valence-corrected chi connectivity index (χ1v) is 8.20. The fraction of sp³-hybridized carbons (Fsp3) is 0.333. The highest BCUT2D eigenvalue weighted by Crippen LogP contribution is 2.29. The van der Waals surface area contributed by atoms with E-state index in [2.05, 4.69) is 15.2 Å². The van der Waals surface area contributed by atoms with E-state index >= 15 is 0 Å². The van der Waals surface area contributed by atoms with Crippen LogP contribution >= 0.6 is 0 Å². The number of methoxy groups -OCH3 is 1. The highest BCUT2D eigenvalue weighted by Gasteiger charge is 2.27. The number of ether oxygens (including phenoxy) is 1. The number of amides is 1. The van der Waals surface area contributed by atoms with Crippen LogP contribution in [0.5, 0.6) is 5.75 Å². The van der Waals surface area contributed by atoms with Crippen LogP contribution in [-0.2, 0) is 0 Å². The number of rotatable bonds is 3. The van der Waals surface area contributed by atoms with Crippen LogP contribution < -0.4 is 4.74 Å². The van der Waals surface area contributed by atoms with E-state index in [9.17, 15) is 4.79 Å². The molecule has 0 bridgehead atoms. The minimum atomic E-state index is 0.0683. The number of nitrogens with one attached hydrogen (secondary N) is 2. The van der Waals surface area contributed by atoms with Gasteiger partial charge in [0.15, 0.2) is 0 Å². The van der Waals surface area contributed by atoms with Crippen molar-refractivity contribution >= 4 is 16.8 Å². The molecule has 2 N–H and O–H groups in total. The number of carbonyl (C=O) groups excluding carboxylic acids is 1. The second-order valence-corrected chi connectivity index (χ2v) is 6.22. The first-order valence-electron chi connectivity index (χ1n) is 8.20. The lowest BCUT2D eigenvalue weighted by molar-refractivity contribution is 0.0708. The van der Waals surface area contributed by atoms with Gasteiger partial charge < -0.3 is 14.6 Å². The SMILES string of the molecule is COc1ccc2[nH]cc(C(=O)N3CCC[C@@H](c4ccn[nH]4)C3)c2c1. The fourth-order valence-corrected chi connectivity index (χ4v) is 3.48. The van der Waals surface area contributed by atoms with E-state index in [0.717, 1.165) is 48.3 Å². The Morgan fingerprint density at radius 3 is 3.08 bits per heavy atom. The Hall–Kier alpha value is -2.76. The first kappa shape index (κ1) is 14.8. The average molecular weight is 324 g/mol. The Kier molecular flexibility index (Phi) is 3.72. The quantitative estimate of drug-likeness (QED) is 0.778. The number of hydrogen-bond donors (Lipinski definition) is 2. The molecule has 1 aliphatic heterocycles. The summed E-state index contributed by atoms with van der Waals surface area (Å²) >= 11 is 0. The van der Waals surface area contributed by atoms with Gasteiger partial charge in [0.25, 0.3) is 5.91 Å². The zero-order chi connectivity index (χ0) is 16.5. The Balaban J connectivity index is 1.61. The minimum absolute atomic E-state index is 0.0683. The Morgan fingerprint density at radius 1 is 1.38 bits per heavy atom. The maximum atomic E-state index is 13.0. The molecule has 1 amide bonds. The minimum Gasteiger partial charge on any atom is -0.497 e. The van der Waals surface area contributed by atoms with Gasteiger partial charge in [0.2, 0.25) is 0 Å². The van der Waals surface area contributed by atoms with Gasteiger partial charge in [-0.15, -0.1) is 0 Å². The van der Waals surface area contributed by atoms with Crippen LogP contribution in [0, 0.1) is 0 Å². The number of likely N-dealkylation sites (tertiary alicyclic amines) is 1. The lowest BCUT2D eigenvalue weighted by Gasteiger charge is -2.32. The van der Waals surface area contributed by atoms with Gasteiger partial charge in [0.1, 0.15) is 5.75 Å². The van der Waals surface area contributed by atoms with E-state index in [0.29, 0.717) is 11.5 Å². The van der Waals surface area contributed by atoms with Crippen molar-refractivity contribution in [1.82, 2.24) is 20.1 Å². The number of aromatic nitrogens is 3. The van der Waals surface area contributed by atoms with Crippen molar-refractivity contribution in [3.8, 4) is 5.75 Å². The van der Waals surface area contributed by atoms with Gasteiger partial charge in [-0.3, -0.25) is 9.89 Å². The molecule has 6 heteroatoms. The number of hydrogen-bond acceptors (Lipinski definition) is 3. The molecule has 1 aliphatic rings. The van der Waals surface area contributed by atoms with E-state index in [1.807, 2.05) is 29.2 Å². The number of nitrogens with zero attached hydrogens (tertiary/aromatic N) is 2. The normalized spacial score (nSPS) is 18.0. The Labute approximate surface area is 139 Å². The summed E-state index contributed by atoms with van der Waals surface area (Å²) in [5.41, 5.74) is 2.75. The monoisotopic (exact) mass is 324 g/mol. The number of fused-ring (bicyclic) bond motifs is 1. The van der Waals surface area contributed by atoms with Crippen LogP contribution in [0.1, 0.15) is 34.8 Å². The van der Waals surface area contributed by atoms with Gasteiger partial charge in [0.05, 0.1) is 12.7 Å². The average Bonchev–Trinajstić information content (AvgIpc) is 3.30. The van der Waals surface area contributed by atoms with Crippen molar-refractivity contribution in [2.45, 2.75) is 18.8 Å². The van der Waals surface area contributed by atoms with Crippen LogP contribution in [0.15, 0.2) is 36.7 Å². The lowest BCUT2D eigenvalue weighted by atomic mass is 9.94. The summed E-state index contributed by atoms with van der Waals surface area (Å²) in [6, 6.07) is 7.74. The van der Waals surface area contributed by atoms with Crippen molar-refractivity contribution < 1.29 is 9.53 Å². The molecule has 0 saturated carbocycles. The van der Waals surface area contributed by atoms with Crippen molar-refractivity contribution in [2.24, 2.45) is 0 Å². The molecule has 6 nitrogen and oxygen atoms in total. The largest absolute Gasteiger partial charge is 0.497 e. The number of H-pyrrole nitrogens is 2. The van der Waals surface area contributed by atoms with Gasteiger partial charge in [-0.1, -0.05) is 0 Å². The number of benzene rings is 1. The summed E-state index contributed by atoms with van der Waals surface area (Å²) < 4.78 is 5.29. The van der Waals surface area contributed by atoms with Crippen LogP contribution in [-0.4, -0.2) is 46.2 Å². The third-order valence-electron chi connectivity index (χ3n) is 4.79. The number of carbonyl (C=O) groups is 1. The molecule has 3 heterocycles. The zero-order valence-electron chi connectivity index (χ0n) is 13.6. The molecule has 1 saturated heterocycles. The third-order valence-corrected chi connectivity index (χ3v) is 4.79. The fourth-order valence-electron chi connectivity index (χ4n) is 3.48. The van der Waals surface area contributed by atoms with Gasteiger partial charge in [-0.2, -0.15) is 5.10 Å². The van der Waals surface area contributed by atoms with Gasteiger partial charge >= 0.3 is 0 Å². The molecule has 2 aromatic heterocycles. The molecular formula is C18H20N4O2. The summed E-state index contributed by atoms with van der Waals surface area (Å²) in [7, 11) is 1.63. The summed E-state index contributed by atoms with van der Waals surface area (Å²) in [5.74, 6) is 1.15. The second-order valence-electron chi connectivity index (χ2n) is 6.22. The summed E-state index contributed by atoms with van der Waals surface area (Å²) in [5, 5.41) is 7.97. The van der Waals surface area contributed by atoms with Crippen LogP contribution in [0.2, 0.25) is 0 Å². The molecule has 3 aromatic rings. The van der Waals surface area contributed by atoms with E-state index in [-0.39, 0.29) is 5.91 Å². The molecule has 1 aromatic carbocycles. The lowest BCUT2D eigenvalue weighted by Crippen LogP contribution is -2.39. The van der Waals surface area contributed by atoms with Gasteiger partial charge in [-0.05, 0) is 37.1 Å². The predicted molar refractivity (Wildman–Crippen MR) is 91.3 cm³/mol. The highest BCUT2D eigenvalue weighted by atomic mass is 16.5. The predicted octanol–water partition coefficient (Wildman–Crippen LogP) is 2.92. The molecule has 124 valence electrons. The van der Waals surface area contributed by atoms with Crippen LogP contribution in [0.25, 0.3) is 10.9 Å². The van der Waals surface area contributed by atoms with E-state index < -0.39 is 0 Å². The summed E-state index contributed by atoms with van der Waals surface area (Å²) in [6.07, 6.45) is 5.64. The molecule has 0 radical (unpaired) electrons. The van der Waals surface area contributed by atoms with Crippen molar-refractivity contribution in [1.29, 1.82) is 0 Å². The van der Waals surface area contributed by atoms with Crippen molar-refractivity contribution in [3.63, 3.8) is 0 Å². The van der Waals surface area contributed by atoms with Crippen molar-refractivity contribution in [2.75, 3.05) is 20.2 Å². The van der Waals surface area contributed by atoms with Gasteiger partial charge in [0, 0.05) is 48.0 Å². The summed E-state index contributed by atoms with van der Waals surface area (Å²) in [4.78, 5) is 18.1. The maximum absolute atomic E-state index is 13.0. The molecule has 24 heavy (non-hydrogen) atoms. The second kappa shape index (κ2) is 6.03. The first-order chi connectivity index (χ1) is 11.8. The molecule has 1 fully saturated rings. The van der Waals surface area contributed by atoms with Gasteiger partial charge in [-0.25, -0.2) is 0 Å². The highest BCUT2D eigenvalue weighted by molar-refractivity contribution is 6.07. The molecule has 0 aliphatic carbocycles. The standard InChI is InChI=1S/C18H20N4O2/c1-24-13-4-5-17-14(9-13)15(10-19-17)18(23)22-8-2-3-12(11-22)16-6-7-20-21-16/h4-7,9-10,12,19H,2-3,8,11H2,1H3,(H,20,21)/t12-/m1/s1. The smallest absolute Gasteiger partial charge is 0.256 e. The van der Waals surface area contributed by atoms with Crippen LogP contribution in [0.4, 0.5) is 0 Å². The molecule has 1 atom stereocenters. The number of piperidine rings is 1. The van der Waals surface area contributed by atoms with E-state index in [1.54, 1.807) is 19.5 Å². The molecular weight excluding hydrogens is 304 g/mol. The van der Waals surface area contributed by atoms with Crippen molar-refractivity contribution in [3.05, 3.63) is 47.9 Å². The third kappa shape index (κ3) is 2.54.